The van der Waals surface area contributed by atoms with E-state index in [1.807, 2.05) is 23.1 Å². The van der Waals surface area contributed by atoms with E-state index in [9.17, 15) is 14.4 Å². The van der Waals surface area contributed by atoms with Gasteiger partial charge in [0.1, 0.15) is 6.54 Å². The molecule has 7 nitrogen and oxygen atoms in total. The zero-order valence-corrected chi connectivity index (χ0v) is 15.0. The van der Waals surface area contributed by atoms with Crippen molar-refractivity contribution in [1.82, 2.24) is 19.4 Å². The van der Waals surface area contributed by atoms with Crippen molar-refractivity contribution in [2.24, 2.45) is 5.92 Å². The average Bonchev–Trinajstić information content (AvgIpc) is 2.97. The maximum absolute atomic E-state index is 12.9. The van der Waals surface area contributed by atoms with Crippen LogP contribution in [0.15, 0.2) is 53.6 Å². The van der Waals surface area contributed by atoms with Gasteiger partial charge in [0.05, 0.1) is 18.2 Å². The summed E-state index contributed by atoms with van der Waals surface area (Å²) in [6.07, 6.45) is 5.03. The zero-order chi connectivity index (χ0) is 18.8. The Morgan fingerprint density at radius 2 is 1.93 bits per heavy atom. The molecule has 5 rings (SSSR count). The molecule has 0 radical (unpaired) electrons. The van der Waals surface area contributed by atoms with Gasteiger partial charge >= 0.3 is 0 Å². The minimum atomic E-state index is -0.198. The van der Waals surface area contributed by atoms with E-state index in [4.69, 9.17) is 0 Å². The van der Waals surface area contributed by atoms with Crippen LogP contribution < -0.4 is 5.56 Å². The summed E-state index contributed by atoms with van der Waals surface area (Å²) in [5, 5.41) is 0. The van der Waals surface area contributed by atoms with E-state index < -0.39 is 0 Å². The van der Waals surface area contributed by atoms with Crippen molar-refractivity contribution in [2.45, 2.75) is 32.0 Å². The SMILES string of the molecule is O=C(Cn1ccccc1=O)N1C[C@@H]2CC[C@H](C1)N(Cc1ccccn1)C2=O. The van der Waals surface area contributed by atoms with E-state index in [-0.39, 0.29) is 35.9 Å². The molecule has 2 atom stereocenters. The van der Waals surface area contributed by atoms with Gasteiger partial charge in [0.15, 0.2) is 0 Å². The summed E-state index contributed by atoms with van der Waals surface area (Å²) in [5.74, 6) is -0.194. The Bertz CT molecular complexity index is 895. The van der Waals surface area contributed by atoms with Gasteiger partial charge in [-0.15, -0.1) is 0 Å². The molecule has 3 saturated heterocycles. The van der Waals surface area contributed by atoms with Crippen molar-refractivity contribution in [1.29, 1.82) is 0 Å². The van der Waals surface area contributed by atoms with Gasteiger partial charge in [0.25, 0.3) is 5.56 Å². The third-order valence-corrected chi connectivity index (χ3v) is 5.41. The number of piperidine rings is 1. The number of aromatic nitrogens is 2. The monoisotopic (exact) mass is 366 g/mol. The molecule has 0 aliphatic carbocycles. The van der Waals surface area contributed by atoms with Gasteiger partial charge in [-0.05, 0) is 31.0 Å². The number of carbonyl (C=O) groups excluding carboxylic acids is 2. The summed E-state index contributed by atoms with van der Waals surface area (Å²) < 4.78 is 1.41. The molecule has 2 amide bonds. The largest absolute Gasteiger partial charge is 0.338 e. The lowest BCUT2D eigenvalue weighted by Crippen LogP contribution is -2.47. The van der Waals surface area contributed by atoms with Crippen molar-refractivity contribution in [2.75, 3.05) is 13.1 Å². The molecule has 0 aromatic carbocycles. The van der Waals surface area contributed by atoms with E-state index >= 15 is 0 Å². The van der Waals surface area contributed by atoms with Crippen molar-refractivity contribution in [3.8, 4) is 0 Å². The van der Waals surface area contributed by atoms with E-state index in [2.05, 4.69) is 4.98 Å². The fraction of sp³-hybridized carbons (Fsp3) is 0.400. The van der Waals surface area contributed by atoms with Gasteiger partial charge in [0, 0.05) is 37.6 Å². The quantitative estimate of drug-likeness (QED) is 0.805. The minimum absolute atomic E-state index is 0.00491. The van der Waals surface area contributed by atoms with Crippen LogP contribution in [-0.4, -0.2) is 50.3 Å². The predicted octanol–water partition coefficient (Wildman–Crippen LogP) is 0.893. The smallest absolute Gasteiger partial charge is 0.250 e. The molecule has 3 fully saturated rings. The van der Waals surface area contributed by atoms with E-state index in [1.165, 1.54) is 10.6 Å². The highest BCUT2D eigenvalue weighted by Gasteiger charge is 2.41. The highest BCUT2D eigenvalue weighted by atomic mass is 16.2. The van der Waals surface area contributed by atoms with Crippen LogP contribution in [-0.2, 0) is 22.7 Å². The number of hydrogen-bond donors (Lipinski definition) is 0. The number of rotatable bonds is 4. The van der Waals surface area contributed by atoms with Crippen molar-refractivity contribution < 1.29 is 9.59 Å². The fourth-order valence-corrected chi connectivity index (χ4v) is 3.96. The highest BCUT2D eigenvalue weighted by molar-refractivity contribution is 5.83. The number of carbonyl (C=O) groups is 2. The van der Waals surface area contributed by atoms with Crippen LogP contribution in [0.25, 0.3) is 0 Å². The number of hydrogen-bond acceptors (Lipinski definition) is 4. The Morgan fingerprint density at radius 3 is 2.70 bits per heavy atom. The predicted molar refractivity (Wildman–Crippen MR) is 98.6 cm³/mol. The molecule has 0 spiro atoms. The Hall–Kier alpha value is -2.96. The maximum Gasteiger partial charge on any atom is 0.250 e. The van der Waals surface area contributed by atoms with Crippen LogP contribution in [0.2, 0.25) is 0 Å². The summed E-state index contributed by atoms with van der Waals surface area (Å²) in [5.41, 5.74) is 0.656. The zero-order valence-electron chi connectivity index (χ0n) is 15.0. The number of pyridine rings is 2. The van der Waals surface area contributed by atoms with Gasteiger partial charge in [0.2, 0.25) is 11.8 Å². The third-order valence-electron chi connectivity index (χ3n) is 5.41. The van der Waals surface area contributed by atoms with Crippen LogP contribution in [0.4, 0.5) is 0 Å². The molecule has 0 unspecified atom stereocenters. The maximum atomic E-state index is 12.9. The molecule has 5 heterocycles. The minimum Gasteiger partial charge on any atom is -0.338 e. The molecule has 27 heavy (non-hydrogen) atoms. The van der Waals surface area contributed by atoms with E-state index in [0.717, 1.165) is 18.5 Å². The number of amides is 2. The molecular weight excluding hydrogens is 344 g/mol. The first-order chi connectivity index (χ1) is 13.1. The van der Waals surface area contributed by atoms with Crippen LogP contribution in [0.5, 0.6) is 0 Å². The van der Waals surface area contributed by atoms with Gasteiger partial charge in [-0.1, -0.05) is 12.1 Å². The van der Waals surface area contributed by atoms with Gasteiger partial charge in [-0.25, -0.2) is 0 Å². The van der Waals surface area contributed by atoms with Crippen molar-refractivity contribution in [3.05, 3.63) is 64.8 Å². The summed E-state index contributed by atoms with van der Waals surface area (Å²) in [4.78, 5) is 45.5. The Balaban J connectivity index is 1.50. The van der Waals surface area contributed by atoms with Gasteiger partial charge in [-0.3, -0.25) is 19.4 Å². The molecule has 3 aliphatic heterocycles. The fourth-order valence-electron chi connectivity index (χ4n) is 3.96. The lowest BCUT2D eigenvalue weighted by molar-refractivity contribution is -0.140. The van der Waals surface area contributed by atoms with Crippen molar-refractivity contribution >= 4 is 11.8 Å². The van der Waals surface area contributed by atoms with E-state index in [0.29, 0.717) is 19.6 Å². The van der Waals surface area contributed by atoms with Crippen molar-refractivity contribution in [3.63, 3.8) is 0 Å². The molecular formula is C20H22N4O3. The second kappa shape index (κ2) is 7.34. The standard InChI is InChI=1S/C20H22N4O3/c25-18-6-2-4-10-22(18)14-19(26)23-11-15-7-8-17(13-23)24(20(15)27)12-16-5-1-3-9-21-16/h1-6,9-10,15,17H,7-8,11-14H2/t15-,17+/m0/s1. The summed E-state index contributed by atoms with van der Waals surface area (Å²) in [6.45, 7) is 1.42. The third kappa shape index (κ3) is 3.63. The average molecular weight is 366 g/mol. The molecule has 2 aromatic rings. The number of nitrogens with zero attached hydrogens (tertiary/aromatic N) is 4. The summed E-state index contributed by atoms with van der Waals surface area (Å²) >= 11 is 0. The van der Waals surface area contributed by atoms with Crippen LogP contribution in [0.3, 0.4) is 0 Å². The second-order valence-electron chi connectivity index (χ2n) is 7.18. The molecule has 0 saturated carbocycles. The Kier molecular flexibility index (Phi) is 4.75. The second-order valence-corrected chi connectivity index (χ2v) is 7.18. The number of fused-ring (bicyclic) bond motifs is 4. The lowest BCUT2D eigenvalue weighted by Gasteiger charge is -2.35. The molecule has 0 N–H and O–H groups in total. The molecule has 2 aromatic heterocycles. The van der Waals surface area contributed by atoms with Gasteiger partial charge < -0.3 is 14.4 Å². The van der Waals surface area contributed by atoms with Crippen LogP contribution in [0, 0.1) is 5.92 Å². The summed E-state index contributed by atoms with van der Waals surface area (Å²) in [7, 11) is 0. The van der Waals surface area contributed by atoms with Crippen LogP contribution >= 0.6 is 0 Å². The first kappa shape index (κ1) is 17.5. The first-order valence-electron chi connectivity index (χ1n) is 9.25. The molecule has 3 aliphatic rings. The lowest BCUT2D eigenvalue weighted by atomic mass is 9.94. The van der Waals surface area contributed by atoms with Crippen LogP contribution in [0.1, 0.15) is 18.5 Å². The molecule has 140 valence electrons. The highest BCUT2D eigenvalue weighted by Crippen LogP contribution is 2.30. The van der Waals surface area contributed by atoms with Gasteiger partial charge in [-0.2, -0.15) is 0 Å². The summed E-state index contributed by atoms with van der Waals surface area (Å²) in [6, 6.07) is 10.5. The molecule has 2 bridgehead atoms. The topological polar surface area (TPSA) is 75.5 Å². The normalized spacial score (nSPS) is 22.0. The Labute approximate surface area is 157 Å². The molecule has 7 heteroatoms. The first-order valence-corrected chi connectivity index (χ1v) is 9.25. The Morgan fingerprint density at radius 1 is 1.07 bits per heavy atom. The van der Waals surface area contributed by atoms with E-state index in [1.54, 1.807) is 29.4 Å².